The van der Waals surface area contributed by atoms with Gasteiger partial charge >= 0.3 is 6.09 Å². The van der Waals surface area contributed by atoms with E-state index in [0.29, 0.717) is 42.0 Å². The number of ether oxygens (including phenoxy) is 1. The number of nitrogens with one attached hydrogen (secondary N) is 1. The van der Waals surface area contributed by atoms with Gasteiger partial charge in [-0.3, -0.25) is 14.8 Å². The number of nitrogens with zero attached hydrogens (tertiary/aromatic N) is 4. The fourth-order valence-corrected chi connectivity index (χ4v) is 3.45. The van der Waals surface area contributed by atoms with Crippen LogP contribution in [0.5, 0.6) is 0 Å². The topological polar surface area (TPSA) is 134 Å². The molecule has 1 aliphatic heterocycles. The van der Waals surface area contributed by atoms with Gasteiger partial charge in [0.1, 0.15) is 17.8 Å². The predicted octanol–water partition coefficient (Wildman–Crippen LogP) is 2.80. The fraction of sp³-hybridized carbons (Fsp3) is 0.435. The minimum Gasteiger partial charge on any atom is -0.444 e. The summed E-state index contributed by atoms with van der Waals surface area (Å²) in [4.78, 5) is 34.0. The number of rotatable bonds is 5. The average molecular weight is 455 g/mol. The third-order valence-corrected chi connectivity index (χ3v) is 5.08. The summed E-state index contributed by atoms with van der Waals surface area (Å²) in [5.74, 6) is -0.686. The number of nitriles is 1. The van der Waals surface area contributed by atoms with E-state index in [1.54, 1.807) is 39.0 Å². The Morgan fingerprint density at radius 1 is 1.30 bits per heavy atom. The minimum atomic E-state index is -1.37. The number of carbonyl (C=O) groups excluding carboxylic acids is 2. The molecule has 9 nitrogen and oxygen atoms in total. The number of alkyl halides is 1. The molecule has 3 rings (SSSR count). The third-order valence-electron chi connectivity index (χ3n) is 5.08. The number of primary amides is 1. The van der Waals surface area contributed by atoms with Gasteiger partial charge in [0.25, 0.3) is 5.91 Å². The minimum absolute atomic E-state index is 0.119. The summed E-state index contributed by atoms with van der Waals surface area (Å²) in [6, 6.07) is 6.42. The Bertz CT molecular complexity index is 1060. The first-order valence-electron chi connectivity index (χ1n) is 10.6. The second kappa shape index (κ2) is 9.81. The first-order chi connectivity index (χ1) is 15.6. The lowest BCUT2D eigenvalue weighted by atomic mass is 10.0. The number of hydrogen-bond donors (Lipinski definition) is 2. The van der Waals surface area contributed by atoms with Crippen molar-refractivity contribution in [3.8, 4) is 6.07 Å². The van der Waals surface area contributed by atoms with Gasteiger partial charge in [0.15, 0.2) is 0 Å². The van der Waals surface area contributed by atoms with Crippen molar-refractivity contribution in [2.24, 2.45) is 5.73 Å². The molecule has 2 aromatic heterocycles. The molecular weight excluding hydrogens is 427 g/mol. The highest BCUT2D eigenvalue weighted by Crippen LogP contribution is 2.24. The zero-order chi connectivity index (χ0) is 24.2. The third kappa shape index (κ3) is 6.38. The Morgan fingerprint density at radius 3 is 2.61 bits per heavy atom. The van der Waals surface area contributed by atoms with E-state index in [1.165, 1.54) is 17.3 Å². The van der Waals surface area contributed by atoms with Crippen LogP contribution < -0.4 is 11.1 Å². The van der Waals surface area contributed by atoms with Gasteiger partial charge < -0.3 is 20.7 Å². The number of pyridine rings is 2. The highest BCUT2D eigenvalue weighted by molar-refractivity contribution is 5.98. The predicted molar refractivity (Wildman–Crippen MR) is 119 cm³/mol. The molecule has 174 valence electrons. The van der Waals surface area contributed by atoms with Gasteiger partial charge in [0, 0.05) is 36.7 Å². The summed E-state index contributed by atoms with van der Waals surface area (Å²) >= 11 is 0. The maximum atomic E-state index is 14.9. The van der Waals surface area contributed by atoms with Crippen molar-refractivity contribution in [1.82, 2.24) is 14.9 Å². The van der Waals surface area contributed by atoms with Gasteiger partial charge in [0.05, 0.1) is 29.4 Å². The van der Waals surface area contributed by atoms with Crippen LogP contribution in [0.25, 0.3) is 0 Å². The molecule has 0 spiro atoms. The number of anilines is 1. The van der Waals surface area contributed by atoms with Crippen LogP contribution in [0.15, 0.2) is 30.6 Å². The molecule has 1 fully saturated rings. The molecule has 2 aromatic rings. The lowest BCUT2D eigenvalue weighted by molar-refractivity contribution is 0.0125. The Kier molecular flexibility index (Phi) is 7.11. The zero-order valence-electron chi connectivity index (χ0n) is 18.8. The molecule has 0 radical (unpaired) electrons. The molecule has 1 aliphatic rings. The van der Waals surface area contributed by atoms with Crippen molar-refractivity contribution in [3.05, 3.63) is 53.1 Å². The van der Waals surface area contributed by atoms with E-state index in [-0.39, 0.29) is 12.1 Å². The normalized spacial score (nSPS) is 18.3. The summed E-state index contributed by atoms with van der Waals surface area (Å²) in [6.45, 7) is 5.46. The SMILES string of the molecule is CC(C)(C)OC(=O)N1CC[C@@H](Nc2cc(Cc3ccc(C#N)cn3)ncc2C(N)=O)[C@@H](F)C1. The molecule has 33 heavy (non-hydrogen) atoms. The smallest absolute Gasteiger partial charge is 0.410 e. The van der Waals surface area contributed by atoms with E-state index in [2.05, 4.69) is 15.3 Å². The monoisotopic (exact) mass is 454 g/mol. The van der Waals surface area contributed by atoms with E-state index in [0.717, 1.165) is 0 Å². The number of piperidine rings is 1. The Labute approximate surface area is 191 Å². The van der Waals surface area contributed by atoms with Crippen molar-refractivity contribution in [2.75, 3.05) is 18.4 Å². The summed E-state index contributed by atoms with van der Waals surface area (Å²) in [6.07, 6.45) is 1.58. The van der Waals surface area contributed by atoms with Gasteiger partial charge in [-0.05, 0) is 45.4 Å². The molecule has 3 N–H and O–H groups in total. The molecule has 0 unspecified atom stereocenters. The van der Waals surface area contributed by atoms with Gasteiger partial charge in [0.2, 0.25) is 0 Å². The molecule has 0 bridgehead atoms. The van der Waals surface area contributed by atoms with E-state index >= 15 is 0 Å². The van der Waals surface area contributed by atoms with Crippen LogP contribution in [0.1, 0.15) is 54.5 Å². The number of likely N-dealkylation sites (tertiary alicyclic amines) is 1. The van der Waals surface area contributed by atoms with Gasteiger partial charge in [-0.2, -0.15) is 5.26 Å². The van der Waals surface area contributed by atoms with Crippen LogP contribution in [0.2, 0.25) is 0 Å². The summed E-state index contributed by atoms with van der Waals surface area (Å²) in [5.41, 5.74) is 7.08. The molecular formula is C23H27FN6O3. The van der Waals surface area contributed by atoms with Crippen molar-refractivity contribution >= 4 is 17.7 Å². The Hall–Kier alpha value is -3.74. The van der Waals surface area contributed by atoms with Crippen molar-refractivity contribution in [1.29, 1.82) is 5.26 Å². The molecule has 2 amide bonds. The summed E-state index contributed by atoms with van der Waals surface area (Å²) in [7, 11) is 0. The number of carbonyl (C=O) groups is 2. The first-order valence-corrected chi connectivity index (χ1v) is 10.6. The molecule has 3 heterocycles. The maximum absolute atomic E-state index is 14.9. The Balaban J connectivity index is 1.72. The quantitative estimate of drug-likeness (QED) is 0.709. The standard InChI is InChI=1S/C23H27FN6O3/c1-23(2,3)33-22(32)30-7-6-19(18(24)13-30)29-20-9-16(28-12-17(20)21(26)31)8-15-5-4-14(10-25)11-27-15/h4-5,9,11-12,18-19H,6-8,13H2,1-3H3,(H2,26,31)(H,28,29)/t18-,19+/m0/s1. The maximum Gasteiger partial charge on any atom is 0.410 e. The zero-order valence-corrected chi connectivity index (χ0v) is 18.8. The first kappa shape index (κ1) is 23.9. The van der Waals surface area contributed by atoms with Crippen molar-refractivity contribution in [3.63, 3.8) is 0 Å². The lowest BCUT2D eigenvalue weighted by Crippen LogP contribution is -2.51. The molecule has 1 saturated heterocycles. The molecule has 2 atom stereocenters. The number of aromatic nitrogens is 2. The van der Waals surface area contributed by atoms with Crippen LogP contribution in [0, 0.1) is 11.3 Å². The molecule has 0 aromatic carbocycles. The molecule has 10 heteroatoms. The van der Waals surface area contributed by atoms with Gasteiger partial charge in [-0.1, -0.05) is 0 Å². The van der Waals surface area contributed by atoms with Crippen LogP contribution in [-0.4, -0.2) is 57.8 Å². The lowest BCUT2D eigenvalue weighted by Gasteiger charge is -2.36. The number of halogens is 1. The molecule has 0 aliphatic carbocycles. The number of amides is 2. The number of hydrogen-bond acceptors (Lipinski definition) is 7. The van der Waals surface area contributed by atoms with Crippen molar-refractivity contribution in [2.45, 2.75) is 51.4 Å². The van der Waals surface area contributed by atoms with Crippen LogP contribution in [0.3, 0.4) is 0 Å². The van der Waals surface area contributed by atoms with Crippen LogP contribution in [-0.2, 0) is 11.2 Å². The van der Waals surface area contributed by atoms with Crippen molar-refractivity contribution < 1.29 is 18.7 Å². The second-order valence-electron chi connectivity index (χ2n) is 8.89. The summed E-state index contributed by atoms with van der Waals surface area (Å²) < 4.78 is 20.3. The summed E-state index contributed by atoms with van der Waals surface area (Å²) in [5, 5.41) is 12.0. The number of nitrogens with two attached hydrogens (primary N) is 1. The second-order valence-corrected chi connectivity index (χ2v) is 8.89. The van der Waals surface area contributed by atoms with E-state index < -0.39 is 29.8 Å². The van der Waals surface area contributed by atoms with Crippen LogP contribution in [0.4, 0.5) is 14.9 Å². The Morgan fingerprint density at radius 2 is 2.03 bits per heavy atom. The van der Waals surface area contributed by atoms with Crippen LogP contribution >= 0.6 is 0 Å². The van der Waals surface area contributed by atoms with Gasteiger partial charge in [-0.15, -0.1) is 0 Å². The average Bonchev–Trinajstić information content (AvgIpc) is 2.74. The van der Waals surface area contributed by atoms with E-state index in [4.69, 9.17) is 15.7 Å². The fourth-order valence-electron chi connectivity index (χ4n) is 3.45. The molecule has 0 saturated carbocycles. The van der Waals surface area contributed by atoms with E-state index in [1.807, 2.05) is 6.07 Å². The highest BCUT2D eigenvalue weighted by atomic mass is 19.1. The highest BCUT2D eigenvalue weighted by Gasteiger charge is 2.34. The van der Waals surface area contributed by atoms with Gasteiger partial charge in [-0.25, -0.2) is 9.18 Å². The van der Waals surface area contributed by atoms with E-state index in [9.17, 15) is 14.0 Å². The largest absolute Gasteiger partial charge is 0.444 e.